The molecule has 1 aliphatic rings. The van der Waals surface area contributed by atoms with Crippen molar-refractivity contribution in [1.82, 2.24) is 4.98 Å². The number of amides is 1. The van der Waals surface area contributed by atoms with Gasteiger partial charge in [-0.05, 0) is 60.0 Å². The van der Waals surface area contributed by atoms with E-state index in [0.29, 0.717) is 17.0 Å². The third-order valence-electron chi connectivity index (χ3n) is 4.88. The molecule has 4 rings (SSSR count). The average molecular weight is 425 g/mol. The summed E-state index contributed by atoms with van der Waals surface area (Å²) in [4.78, 5) is 21.1. The number of aryl methyl sites for hydroxylation is 1. The number of aromatic nitrogens is 1. The number of hydrogen-bond acceptors (Lipinski definition) is 4. The zero-order valence-corrected chi connectivity index (χ0v) is 16.5. The highest BCUT2D eigenvalue weighted by atomic mass is 19.4. The largest absolute Gasteiger partial charge is 0.416 e. The highest BCUT2D eigenvalue weighted by Crippen LogP contribution is 2.36. The molecule has 0 radical (unpaired) electrons. The van der Waals surface area contributed by atoms with Gasteiger partial charge in [-0.3, -0.25) is 14.8 Å². The maximum atomic E-state index is 13.0. The number of aliphatic hydroxyl groups is 1. The Balaban J connectivity index is 1.76. The predicted molar refractivity (Wildman–Crippen MR) is 111 cm³/mol. The molecule has 3 aromatic rings. The molecule has 31 heavy (non-hydrogen) atoms. The maximum Gasteiger partial charge on any atom is 0.416 e. The Kier molecular flexibility index (Phi) is 5.32. The van der Waals surface area contributed by atoms with Gasteiger partial charge in [-0.25, -0.2) is 0 Å². The number of aliphatic imine (C=N–C) groups is 1. The van der Waals surface area contributed by atoms with Crippen LogP contribution < -0.4 is 5.32 Å². The first-order valence-corrected chi connectivity index (χ1v) is 9.51. The number of pyridine rings is 1. The molecule has 0 unspecified atom stereocenters. The average Bonchev–Trinajstić information content (AvgIpc) is 2.90. The minimum atomic E-state index is -4.51. The van der Waals surface area contributed by atoms with Gasteiger partial charge in [-0.2, -0.15) is 13.2 Å². The van der Waals surface area contributed by atoms with Crippen molar-refractivity contribution in [2.45, 2.75) is 26.1 Å². The number of fused-ring (bicyclic) bond motifs is 1. The van der Waals surface area contributed by atoms with Crippen molar-refractivity contribution in [3.05, 3.63) is 77.1 Å². The SMILES string of the molecule is Cc1cc(-c2cccc(C3=Nc4ccc(C(F)(F)F)cc4NC(=O)C3)c2)cc(CO)n1. The number of aliphatic hydroxyl groups excluding tert-OH is 1. The minimum absolute atomic E-state index is 0.0309. The fourth-order valence-corrected chi connectivity index (χ4v) is 3.47. The molecule has 158 valence electrons. The molecule has 0 bridgehead atoms. The fourth-order valence-electron chi connectivity index (χ4n) is 3.47. The van der Waals surface area contributed by atoms with E-state index in [1.807, 2.05) is 31.2 Å². The molecule has 2 aromatic carbocycles. The Morgan fingerprint density at radius 3 is 2.55 bits per heavy atom. The van der Waals surface area contributed by atoms with E-state index in [1.54, 1.807) is 12.1 Å². The molecular formula is C23H18F3N3O2. The van der Waals surface area contributed by atoms with E-state index in [2.05, 4.69) is 15.3 Å². The van der Waals surface area contributed by atoms with Gasteiger partial charge in [-0.15, -0.1) is 0 Å². The van der Waals surface area contributed by atoms with E-state index >= 15 is 0 Å². The van der Waals surface area contributed by atoms with E-state index in [1.165, 1.54) is 6.07 Å². The first kappa shape index (κ1) is 20.7. The van der Waals surface area contributed by atoms with E-state index in [9.17, 15) is 23.1 Å². The van der Waals surface area contributed by atoms with Gasteiger partial charge in [0.15, 0.2) is 0 Å². The number of alkyl halides is 3. The van der Waals surface area contributed by atoms with Gasteiger partial charge in [0, 0.05) is 5.69 Å². The molecule has 0 atom stereocenters. The molecule has 1 aliphatic heterocycles. The van der Waals surface area contributed by atoms with Gasteiger partial charge in [0.2, 0.25) is 5.91 Å². The zero-order chi connectivity index (χ0) is 22.2. The first-order valence-electron chi connectivity index (χ1n) is 9.51. The van der Waals surface area contributed by atoms with Gasteiger partial charge >= 0.3 is 6.18 Å². The highest BCUT2D eigenvalue weighted by Gasteiger charge is 2.31. The lowest BCUT2D eigenvalue weighted by Crippen LogP contribution is -2.15. The summed E-state index contributed by atoms with van der Waals surface area (Å²) in [6.45, 7) is 1.65. The second-order valence-corrected chi connectivity index (χ2v) is 7.24. The topological polar surface area (TPSA) is 74.6 Å². The lowest BCUT2D eigenvalue weighted by molar-refractivity contribution is -0.137. The van der Waals surface area contributed by atoms with Crippen molar-refractivity contribution in [1.29, 1.82) is 0 Å². The summed E-state index contributed by atoms with van der Waals surface area (Å²) in [5.41, 5.74) is 3.58. The second kappa shape index (κ2) is 7.96. The van der Waals surface area contributed by atoms with Crippen LogP contribution in [0.25, 0.3) is 11.1 Å². The number of nitrogens with zero attached hydrogens (tertiary/aromatic N) is 2. The van der Waals surface area contributed by atoms with Crippen LogP contribution in [-0.2, 0) is 17.6 Å². The van der Waals surface area contributed by atoms with Gasteiger partial charge in [-0.1, -0.05) is 18.2 Å². The number of nitrogens with one attached hydrogen (secondary N) is 1. The summed E-state index contributed by atoms with van der Waals surface area (Å²) in [6, 6.07) is 14.1. The van der Waals surface area contributed by atoms with Crippen LogP contribution in [0.15, 0.2) is 59.6 Å². The quantitative estimate of drug-likeness (QED) is 0.618. The number of anilines is 1. The molecule has 1 aromatic heterocycles. The zero-order valence-electron chi connectivity index (χ0n) is 16.5. The second-order valence-electron chi connectivity index (χ2n) is 7.24. The van der Waals surface area contributed by atoms with Gasteiger partial charge in [0.05, 0.1) is 41.4 Å². The van der Waals surface area contributed by atoms with Gasteiger partial charge in [0.25, 0.3) is 0 Å². The summed E-state index contributed by atoms with van der Waals surface area (Å²) >= 11 is 0. The molecule has 2 heterocycles. The molecular weight excluding hydrogens is 407 g/mol. The highest BCUT2D eigenvalue weighted by molar-refractivity contribution is 6.17. The van der Waals surface area contributed by atoms with E-state index in [4.69, 9.17) is 0 Å². The molecule has 0 fully saturated rings. The third-order valence-corrected chi connectivity index (χ3v) is 4.88. The van der Waals surface area contributed by atoms with Crippen molar-refractivity contribution in [2.24, 2.45) is 4.99 Å². The molecule has 0 saturated heterocycles. The molecule has 5 nitrogen and oxygen atoms in total. The Labute approximate surface area is 176 Å². The number of carbonyl (C=O) groups is 1. The van der Waals surface area contributed by atoms with E-state index in [-0.39, 0.29) is 24.4 Å². The predicted octanol–water partition coefficient (Wildman–Crippen LogP) is 5.03. The van der Waals surface area contributed by atoms with E-state index < -0.39 is 17.6 Å². The minimum Gasteiger partial charge on any atom is -0.390 e. The molecule has 0 aliphatic carbocycles. The van der Waals surface area contributed by atoms with Crippen LogP contribution in [-0.4, -0.2) is 21.7 Å². The number of rotatable bonds is 3. The van der Waals surface area contributed by atoms with Crippen molar-refractivity contribution in [3.63, 3.8) is 0 Å². The summed E-state index contributed by atoms with van der Waals surface area (Å²) in [5, 5.41) is 11.9. The van der Waals surface area contributed by atoms with Crippen molar-refractivity contribution in [3.8, 4) is 11.1 Å². The number of hydrogen-bond donors (Lipinski definition) is 2. The smallest absolute Gasteiger partial charge is 0.390 e. The van der Waals surface area contributed by atoms with Gasteiger partial charge in [0.1, 0.15) is 0 Å². The first-order chi connectivity index (χ1) is 14.7. The van der Waals surface area contributed by atoms with Crippen LogP contribution in [0.2, 0.25) is 0 Å². The lowest BCUT2D eigenvalue weighted by Gasteiger charge is -2.10. The standard InChI is InChI=1S/C23H18F3N3O2/c1-13-7-16(9-18(12-30)27-13)14-3-2-4-15(8-14)20-11-22(31)29-21-10-17(23(24,25)26)5-6-19(21)28-20/h2-10,30H,11-12H2,1H3,(H,29,31). The Morgan fingerprint density at radius 1 is 1.03 bits per heavy atom. The molecule has 2 N–H and O–H groups in total. The number of carbonyl (C=O) groups excluding carboxylic acids is 1. The normalized spacial score (nSPS) is 13.8. The van der Waals surface area contributed by atoms with Crippen LogP contribution in [0.1, 0.15) is 28.9 Å². The van der Waals surface area contributed by atoms with Crippen LogP contribution in [0, 0.1) is 6.92 Å². The summed E-state index contributed by atoms with van der Waals surface area (Å²) in [5.74, 6) is -0.440. The summed E-state index contributed by atoms with van der Waals surface area (Å²) in [6.07, 6.45) is -4.58. The number of halogens is 3. The van der Waals surface area contributed by atoms with Crippen molar-refractivity contribution >= 4 is 23.0 Å². The van der Waals surface area contributed by atoms with Crippen molar-refractivity contribution < 1.29 is 23.1 Å². The molecule has 8 heteroatoms. The summed E-state index contributed by atoms with van der Waals surface area (Å²) < 4.78 is 39.1. The molecule has 0 spiro atoms. The van der Waals surface area contributed by atoms with E-state index in [0.717, 1.165) is 29.0 Å². The van der Waals surface area contributed by atoms with Crippen LogP contribution in [0.5, 0.6) is 0 Å². The number of benzene rings is 2. The molecule has 1 amide bonds. The monoisotopic (exact) mass is 425 g/mol. The van der Waals surface area contributed by atoms with Crippen LogP contribution in [0.3, 0.4) is 0 Å². The Bertz CT molecular complexity index is 1200. The van der Waals surface area contributed by atoms with Crippen molar-refractivity contribution in [2.75, 3.05) is 5.32 Å². The van der Waals surface area contributed by atoms with Crippen LogP contribution >= 0.6 is 0 Å². The Morgan fingerprint density at radius 2 is 1.81 bits per heavy atom. The summed E-state index contributed by atoms with van der Waals surface area (Å²) in [7, 11) is 0. The fraction of sp³-hybridized carbons (Fsp3) is 0.174. The Hall–Kier alpha value is -3.52. The third kappa shape index (κ3) is 4.49. The lowest BCUT2D eigenvalue weighted by atomic mass is 9.99. The van der Waals surface area contributed by atoms with Crippen LogP contribution in [0.4, 0.5) is 24.5 Å². The van der Waals surface area contributed by atoms with Gasteiger partial charge < -0.3 is 10.4 Å². The molecule has 0 saturated carbocycles. The maximum absolute atomic E-state index is 13.0.